The predicted molar refractivity (Wildman–Crippen MR) is 87.3 cm³/mol. The van der Waals surface area contributed by atoms with E-state index in [1.807, 2.05) is 6.92 Å². The molecule has 1 aliphatic rings. The van der Waals surface area contributed by atoms with Gasteiger partial charge in [-0.1, -0.05) is 23.1 Å². The molecule has 0 saturated carbocycles. The second-order valence-electron chi connectivity index (χ2n) is 4.90. The lowest BCUT2D eigenvalue weighted by atomic mass is 10.3. The number of furan rings is 1. The average Bonchev–Trinajstić information content (AvgIpc) is 3.24. The summed E-state index contributed by atoms with van der Waals surface area (Å²) in [6, 6.07) is 3.41. The third kappa shape index (κ3) is 3.85. The lowest BCUT2D eigenvalue weighted by Gasteiger charge is -2.25. The number of ether oxygens (including phenoxy) is 2. The number of aromatic nitrogens is 2. The Morgan fingerprint density at radius 2 is 2.17 bits per heavy atom. The third-order valence-corrected chi connectivity index (χ3v) is 5.56. The fraction of sp³-hybridized carbons (Fsp3) is 0.500. The summed E-state index contributed by atoms with van der Waals surface area (Å²) in [6.07, 6.45) is 0. The van der Waals surface area contributed by atoms with Crippen LogP contribution in [0.4, 0.5) is 5.13 Å². The van der Waals surface area contributed by atoms with Gasteiger partial charge in [0.05, 0.1) is 25.6 Å². The second kappa shape index (κ2) is 7.33. The van der Waals surface area contributed by atoms with Gasteiger partial charge < -0.3 is 18.8 Å². The van der Waals surface area contributed by atoms with Gasteiger partial charge in [0, 0.05) is 13.1 Å². The normalized spacial score (nSPS) is 16.3. The standard InChI is InChI=1S/C14H17N3O4S2/c1-9(10-3-4-11(21-10)12(18)19-2)22-14-16-15-13(23-14)17-5-7-20-8-6-17/h3-4,9H,5-8H2,1-2H3. The van der Waals surface area contributed by atoms with Gasteiger partial charge in [0.25, 0.3) is 0 Å². The summed E-state index contributed by atoms with van der Waals surface area (Å²) in [4.78, 5) is 13.6. The van der Waals surface area contributed by atoms with Crippen LogP contribution in [0.5, 0.6) is 0 Å². The van der Waals surface area contributed by atoms with E-state index in [1.165, 1.54) is 7.11 Å². The number of carbonyl (C=O) groups excluding carboxylic acids is 1. The molecule has 23 heavy (non-hydrogen) atoms. The number of nitrogens with zero attached hydrogens (tertiary/aromatic N) is 3. The zero-order valence-electron chi connectivity index (χ0n) is 12.9. The topological polar surface area (TPSA) is 77.7 Å². The van der Waals surface area contributed by atoms with Gasteiger partial charge in [0.1, 0.15) is 5.76 Å². The van der Waals surface area contributed by atoms with Crippen LogP contribution >= 0.6 is 23.1 Å². The first kappa shape index (κ1) is 16.3. The number of esters is 1. The summed E-state index contributed by atoms with van der Waals surface area (Å²) < 4.78 is 16.4. The molecule has 1 aliphatic heterocycles. The number of hydrogen-bond donors (Lipinski definition) is 0. The van der Waals surface area contributed by atoms with E-state index >= 15 is 0 Å². The van der Waals surface area contributed by atoms with E-state index in [2.05, 4.69) is 19.8 Å². The minimum absolute atomic E-state index is 0.0268. The van der Waals surface area contributed by atoms with Gasteiger partial charge in [0.15, 0.2) is 4.34 Å². The van der Waals surface area contributed by atoms with Crippen molar-refractivity contribution in [3.63, 3.8) is 0 Å². The van der Waals surface area contributed by atoms with Gasteiger partial charge in [-0.05, 0) is 19.1 Å². The summed E-state index contributed by atoms with van der Waals surface area (Å²) >= 11 is 3.11. The minimum atomic E-state index is -0.473. The Hall–Kier alpha value is -1.58. The first-order valence-corrected chi connectivity index (χ1v) is 8.88. The van der Waals surface area contributed by atoms with Crippen LogP contribution in [0.15, 0.2) is 20.9 Å². The molecule has 0 aliphatic carbocycles. The van der Waals surface area contributed by atoms with Crippen molar-refractivity contribution >= 4 is 34.2 Å². The summed E-state index contributed by atoms with van der Waals surface area (Å²) in [6.45, 7) is 5.13. The maximum absolute atomic E-state index is 11.4. The Bertz CT molecular complexity index is 667. The van der Waals surface area contributed by atoms with Gasteiger partial charge >= 0.3 is 5.97 Å². The van der Waals surface area contributed by atoms with Gasteiger partial charge in [0.2, 0.25) is 10.9 Å². The molecule has 0 bridgehead atoms. The summed E-state index contributed by atoms with van der Waals surface area (Å²) in [5.74, 6) is 0.443. The quantitative estimate of drug-likeness (QED) is 0.598. The molecule has 1 saturated heterocycles. The van der Waals surface area contributed by atoms with Crippen molar-refractivity contribution < 1.29 is 18.7 Å². The number of morpholine rings is 1. The van der Waals surface area contributed by atoms with Crippen molar-refractivity contribution in [2.45, 2.75) is 16.5 Å². The van der Waals surface area contributed by atoms with Gasteiger partial charge in [-0.15, -0.1) is 10.2 Å². The Kier molecular flexibility index (Phi) is 5.19. The first-order valence-electron chi connectivity index (χ1n) is 7.18. The maximum Gasteiger partial charge on any atom is 0.373 e. The van der Waals surface area contributed by atoms with E-state index in [9.17, 15) is 4.79 Å². The highest BCUT2D eigenvalue weighted by molar-refractivity contribution is 8.01. The van der Waals surface area contributed by atoms with E-state index in [-0.39, 0.29) is 11.0 Å². The maximum atomic E-state index is 11.4. The van der Waals surface area contributed by atoms with Gasteiger partial charge in [-0.2, -0.15) is 0 Å². The highest BCUT2D eigenvalue weighted by atomic mass is 32.2. The lowest BCUT2D eigenvalue weighted by Crippen LogP contribution is -2.36. The highest BCUT2D eigenvalue weighted by Crippen LogP contribution is 2.38. The molecule has 7 nitrogen and oxygen atoms in total. The van der Waals surface area contributed by atoms with Gasteiger partial charge in [-0.25, -0.2) is 4.79 Å². The predicted octanol–water partition coefficient (Wildman–Crippen LogP) is 2.61. The Balaban J connectivity index is 1.63. The molecule has 3 rings (SSSR count). The van der Waals surface area contributed by atoms with Crippen LogP contribution in [0.2, 0.25) is 0 Å². The third-order valence-electron chi connectivity index (χ3n) is 3.37. The van der Waals surface area contributed by atoms with E-state index in [4.69, 9.17) is 9.15 Å². The summed E-state index contributed by atoms with van der Waals surface area (Å²) in [5.41, 5.74) is 0. The SMILES string of the molecule is COC(=O)c1ccc(C(C)Sc2nnc(N3CCOCC3)s2)o1. The molecule has 0 spiro atoms. The van der Waals surface area contributed by atoms with Crippen molar-refractivity contribution in [2.24, 2.45) is 0 Å². The van der Waals surface area contributed by atoms with Crippen molar-refractivity contribution in [2.75, 3.05) is 38.3 Å². The summed E-state index contributed by atoms with van der Waals surface area (Å²) in [5, 5.41) is 9.42. The molecule has 0 aromatic carbocycles. The van der Waals surface area contributed by atoms with E-state index in [0.717, 1.165) is 35.8 Å². The fourth-order valence-corrected chi connectivity index (χ4v) is 4.24. The van der Waals surface area contributed by atoms with Crippen LogP contribution in [-0.4, -0.2) is 49.6 Å². The zero-order chi connectivity index (χ0) is 16.2. The van der Waals surface area contributed by atoms with E-state index < -0.39 is 5.97 Å². The molecule has 3 heterocycles. The average molecular weight is 355 g/mol. The molecule has 1 unspecified atom stereocenters. The molecule has 9 heteroatoms. The molecule has 0 radical (unpaired) electrons. The molecule has 0 amide bonds. The highest BCUT2D eigenvalue weighted by Gasteiger charge is 2.20. The fourth-order valence-electron chi connectivity index (χ4n) is 2.12. The molecule has 0 N–H and O–H groups in total. The number of methoxy groups -OCH3 is 1. The smallest absolute Gasteiger partial charge is 0.373 e. The molecular weight excluding hydrogens is 338 g/mol. The van der Waals surface area contributed by atoms with E-state index in [0.29, 0.717) is 5.76 Å². The van der Waals surface area contributed by atoms with Crippen molar-refractivity contribution in [1.29, 1.82) is 0 Å². The van der Waals surface area contributed by atoms with Gasteiger partial charge in [-0.3, -0.25) is 0 Å². The number of anilines is 1. The van der Waals surface area contributed by atoms with Crippen LogP contribution < -0.4 is 4.90 Å². The number of hydrogen-bond acceptors (Lipinski definition) is 9. The summed E-state index contributed by atoms with van der Waals surface area (Å²) in [7, 11) is 1.33. The van der Waals surface area contributed by atoms with E-state index in [1.54, 1.807) is 35.2 Å². The lowest BCUT2D eigenvalue weighted by molar-refractivity contribution is 0.0563. The zero-order valence-corrected chi connectivity index (χ0v) is 14.5. The van der Waals surface area contributed by atoms with Crippen molar-refractivity contribution in [1.82, 2.24) is 10.2 Å². The Labute approximate surface area is 142 Å². The Morgan fingerprint density at radius 1 is 1.39 bits per heavy atom. The van der Waals surface area contributed by atoms with Crippen LogP contribution in [0.25, 0.3) is 0 Å². The van der Waals surface area contributed by atoms with Crippen LogP contribution in [0, 0.1) is 0 Å². The monoisotopic (exact) mass is 355 g/mol. The largest absolute Gasteiger partial charge is 0.463 e. The molecule has 124 valence electrons. The molecule has 2 aromatic heterocycles. The van der Waals surface area contributed by atoms with Crippen molar-refractivity contribution in [3.05, 3.63) is 23.7 Å². The minimum Gasteiger partial charge on any atom is -0.463 e. The van der Waals surface area contributed by atoms with Crippen LogP contribution in [0.1, 0.15) is 28.5 Å². The first-order chi connectivity index (χ1) is 11.2. The van der Waals surface area contributed by atoms with Crippen LogP contribution in [0.3, 0.4) is 0 Å². The Morgan fingerprint density at radius 3 is 2.91 bits per heavy atom. The number of rotatable bonds is 5. The molecule has 1 atom stereocenters. The van der Waals surface area contributed by atoms with Crippen LogP contribution in [-0.2, 0) is 9.47 Å². The number of carbonyl (C=O) groups is 1. The molecule has 1 fully saturated rings. The molecule has 2 aromatic rings. The van der Waals surface area contributed by atoms with Crippen molar-refractivity contribution in [3.8, 4) is 0 Å². The number of thioether (sulfide) groups is 1. The second-order valence-corrected chi connectivity index (χ2v) is 7.45. The molecular formula is C14H17N3O4S2.